The van der Waals surface area contributed by atoms with E-state index in [1.165, 1.54) is 5.39 Å². The van der Waals surface area contributed by atoms with Gasteiger partial charge in [-0.3, -0.25) is 4.98 Å². The maximum absolute atomic E-state index is 9.60. The van der Waals surface area contributed by atoms with Gasteiger partial charge >= 0.3 is 0 Å². The first-order valence-corrected chi connectivity index (χ1v) is 7.62. The number of hydrogen-bond donors (Lipinski definition) is 1. The minimum absolute atomic E-state index is 0.185. The molecule has 0 saturated carbocycles. The number of aryl methyl sites for hydroxylation is 1. The van der Waals surface area contributed by atoms with Gasteiger partial charge in [0.25, 0.3) is 0 Å². The van der Waals surface area contributed by atoms with Crippen LogP contribution in [0.5, 0.6) is 11.5 Å². The highest BCUT2D eigenvalue weighted by Crippen LogP contribution is 2.30. The normalized spacial score (nSPS) is 10.2. The van der Waals surface area contributed by atoms with Crippen LogP contribution in [-0.4, -0.2) is 22.2 Å². The summed E-state index contributed by atoms with van der Waals surface area (Å²) < 4.78 is 5.17. The van der Waals surface area contributed by atoms with Gasteiger partial charge in [-0.05, 0) is 43.3 Å². The third kappa shape index (κ3) is 3.27. The Labute approximate surface area is 140 Å². The molecule has 0 aliphatic carbocycles. The van der Waals surface area contributed by atoms with Crippen molar-refractivity contribution in [2.24, 2.45) is 0 Å². The second-order valence-corrected chi connectivity index (χ2v) is 5.33. The summed E-state index contributed by atoms with van der Waals surface area (Å²) >= 11 is 0. The molecular formula is C20H18N2O2. The Morgan fingerprint density at radius 1 is 0.917 bits per heavy atom. The number of ether oxygens (including phenoxy) is 1. The highest BCUT2D eigenvalue weighted by atomic mass is 16.5. The number of pyridine rings is 2. The van der Waals surface area contributed by atoms with E-state index in [0.29, 0.717) is 5.52 Å². The lowest BCUT2D eigenvalue weighted by Gasteiger charge is -2.06. The first-order valence-electron chi connectivity index (χ1n) is 7.62. The van der Waals surface area contributed by atoms with Crippen molar-refractivity contribution in [3.05, 3.63) is 72.6 Å². The fraction of sp³-hybridized carbons (Fsp3) is 0.100. The lowest BCUT2D eigenvalue weighted by Crippen LogP contribution is -1.88. The van der Waals surface area contributed by atoms with Crippen molar-refractivity contribution >= 4 is 21.8 Å². The number of phenolic OH excluding ortho intramolecular Hbond substituents is 1. The van der Waals surface area contributed by atoms with E-state index in [0.717, 1.165) is 22.3 Å². The van der Waals surface area contributed by atoms with Crippen LogP contribution in [0, 0.1) is 6.92 Å². The largest absolute Gasteiger partial charge is 0.506 e. The van der Waals surface area contributed by atoms with E-state index in [-0.39, 0.29) is 5.75 Å². The van der Waals surface area contributed by atoms with E-state index >= 15 is 0 Å². The molecule has 4 aromatic rings. The van der Waals surface area contributed by atoms with Crippen molar-refractivity contribution in [3.8, 4) is 11.5 Å². The van der Waals surface area contributed by atoms with Gasteiger partial charge < -0.3 is 9.84 Å². The van der Waals surface area contributed by atoms with Crippen molar-refractivity contribution < 1.29 is 9.84 Å². The van der Waals surface area contributed by atoms with Gasteiger partial charge in [-0.15, -0.1) is 0 Å². The van der Waals surface area contributed by atoms with Crippen molar-refractivity contribution in [2.45, 2.75) is 6.92 Å². The summed E-state index contributed by atoms with van der Waals surface area (Å²) in [6.45, 7) is 1.89. The standard InChI is InChI=1S/C11H11NO2.C9H7N/c1-7-3-4-8-10(14-2)6-5-9(13)11(8)12-7;1-2-6-9-8(4-1)5-3-7-10-9/h3-6,13H,1-2H3;1-7H. The van der Waals surface area contributed by atoms with Crippen molar-refractivity contribution in [1.82, 2.24) is 9.97 Å². The molecule has 24 heavy (non-hydrogen) atoms. The second-order valence-electron chi connectivity index (χ2n) is 5.33. The van der Waals surface area contributed by atoms with Crippen LogP contribution in [0.1, 0.15) is 5.69 Å². The average molecular weight is 318 g/mol. The summed E-state index contributed by atoms with van der Waals surface area (Å²) in [6.07, 6.45) is 1.81. The SMILES string of the molecule is COc1ccc(O)c2nc(C)ccc12.c1ccc2ncccc2c1. The third-order valence-corrected chi connectivity index (χ3v) is 3.67. The second kappa shape index (κ2) is 6.96. The number of para-hydroxylation sites is 1. The van der Waals surface area contributed by atoms with Gasteiger partial charge in [0, 0.05) is 22.7 Å². The Morgan fingerprint density at radius 3 is 2.50 bits per heavy atom. The summed E-state index contributed by atoms with van der Waals surface area (Å²) in [4.78, 5) is 8.43. The smallest absolute Gasteiger partial charge is 0.142 e. The number of phenols is 1. The fourth-order valence-electron chi connectivity index (χ4n) is 2.47. The number of benzene rings is 2. The van der Waals surface area contributed by atoms with E-state index in [9.17, 15) is 5.11 Å². The molecule has 0 bridgehead atoms. The fourth-order valence-corrected chi connectivity index (χ4v) is 2.47. The third-order valence-electron chi connectivity index (χ3n) is 3.67. The van der Waals surface area contributed by atoms with Crippen molar-refractivity contribution in [1.29, 1.82) is 0 Å². The summed E-state index contributed by atoms with van der Waals surface area (Å²) in [5.74, 6) is 0.912. The Kier molecular flexibility index (Phi) is 4.57. The Morgan fingerprint density at radius 2 is 1.71 bits per heavy atom. The maximum atomic E-state index is 9.60. The van der Waals surface area contributed by atoms with E-state index in [1.807, 2.05) is 49.5 Å². The molecule has 0 spiro atoms. The van der Waals surface area contributed by atoms with Gasteiger partial charge in [-0.1, -0.05) is 24.3 Å². The van der Waals surface area contributed by atoms with Gasteiger partial charge in [-0.25, -0.2) is 4.98 Å². The Balaban J connectivity index is 0.000000149. The van der Waals surface area contributed by atoms with Crippen molar-refractivity contribution in [3.63, 3.8) is 0 Å². The number of nitrogens with zero attached hydrogens (tertiary/aromatic N) is 2. The van der Waals surface area contributed by atoms with Crippen LogP contribution in [0.25, 0.3) is 21.8 Å². The van der Waals surface area contributed by atoms with Gasteiger partial charge in [0.05, 0.1) is 12.6 Å². The van der Waals surface area contributed by atoms with E-state index in [4.69, 9.17) is 4.74 Å². The van der Waals surface area contributed by atoms with Gasteiger partial charge in [0.1, 0.15) is 17.0 Å². The number of fused-ring (bicyclic) bond motifs is 2. The predicted molar refractivity (Wildman–Crippen MR) is 96.4 cm³/mol. The van der Waals surface area contributed by atoms with Crippen molar-refractivity contribution in [2.75, 3.05) is 7.11 Å². The summed E-state index contributed by atoms with van der Waals surface area (Å²) in [6, 6.07) is 19.2. The molecule has 0 amide bonds. The number of hydrogen-bond acceptors (Lipinski definition) is 4. The number of methoxy groups -OCH3 is 1. The Bertz CT molecular complexity index is 918. The molecule has 0 radical (unpaired) electrons. The van der Waals surface area contributed by atoms with E-state index < -0.39 is 0 Å². The molecule has 2 aromatic carbocycles. The van der Waals surface area contributed by atoms with E-state index in [2.05, 4.69) is 22.1 Å². The van der Waals surface area contributed by atoms with Crippen LogP contribution in [0.4, 0.5) is 0 Å². The topological polar surface area (TPSA) is 55.2 Å². The van der Waals surface area contributed by atoms with E-state index in [1.54, 1.807) is 19.2 Å². The minimum atomic E-state index is 0.185. The zero-order valence-electron chi connectivity index (χ0n) is 13.6. The molecule has 2 heterocycles. The van der Waals surface area contributed by atoms with Gasteiger partial charge in [0.15, 0.2) is 0 Å². The first-order chi connectivity index (χ1) is 11.7. The molecule has 1 N–H and O–H groups in total. The molecule has 4 heteroatoms. The number of aromatic nitrogens is 2. The maximum Gasteiger partial charge on any atom is 0.142 e. The molecule has 0 atom stereocenters. The average Bonchev–Trinajstić information content (AvgIpc) is 2.63. The van der Waals surface area contributed by atoms with Crippen LogP contribution in [-0.2, 0) is 0 Å². The summed E-state index contributed by atoms with van der Waals surface area (Å²) in [5.41, 5.74) is 2.52. The van der Waals surface area contributed by atoms with Crippen LogP contribution >= 0.6 is 0 Å². The van der Waals surface area contributed by atoms with Crippen LogP contribution in [0.3, 0.4) is 0 Å². The van der Waals surface area contributed by atoms with Crippen LogP contribution in [0.15, 0.2) is 66.9 Å². The molecule has 0 unspecified atom stereocenters. The number of aromatic hydroxyl groups is 1. The minimum Gasteiger partial charge on any atom is -0.506 e. The molecule has 0 aliphatic heterocycles. The zero-order chi connectivity index (χ0) is 16.9. The van der Waals surface area contributed by atoms with Gasteiger partial charge in [0.2, 0.25) is 0 Å². The molecule has 2 aromatic heterocycles. The molecular weight excluding hydrogens is 300 g/mol. The molecule has 0 fully saturated rings. The lowest BCUT2D eigenvalue weighted by molar-refractivity contribution is 0.418. The quantitative estimate of drug-likeness (QED) is 0.562. The van der Waals surface area contributed by atoms with Crippen LogP contribution in [0.2, 0.25) is 0 Å². The summed E-state index contributed by atoms with van der Waals surface area (Å²) in [5, 5.41) is 11.6. The Hall–Kier alpha value is -3.14. The molecule has 120 valence electrons. The molecule has 4 nitrogen and oxygen atoms in total. The predicted octanol–water partition coefficient (Wildman–Crippen LogP) is 4.49. The van der Waals surface area contributed by atoms with Crippen LogP contribution < -0.4 is 4.74 Å². The number of rotatable bonds is 1. The monoisotopic (exact) mass is 318 g/mol. The molecule has 0 aliphatic rings. The highest BCUT2D eigenvalue weighted by molar-refractivity contribution is 5.89. The van der Waals surface area contributed by atoms with Gasteiger partial charge in [-0.2, -0.15) is 0 Å². The lowest BCUT2D eigenvalue weighted by atomic mass is 10.1. The first kappa shape index (κ1) is 15.7. The molecule has 0 saturated heterocycles. The summed E-state index contributed by atoms with van der Waals surface area (Å²) in [7, 11) is 1.60. The highest BCUT2D eigenvalue weighted by Gasteiger charge is 2.06. The zero-order valence-corrected chi connectivity index (χ0v) is 13.6. The molecule has 4 rings (SSSR count).